The number of aromatic nitrogens is 4. The van der Waals surface area contributed by atoms with Gasteiger partial charge in [0.05, 0.1) is 0 Å². The summed E-state index contributed by atoms with van der Waals surface area (Å²) in [5.41, 5.74) is 3.25. The summed E-state index contributed by atoms with van der Waals surface area (Å²) in [5, 5.41) is 4.76. The molecule has 0 amide bonds. The van der Waals surface area contributed by atoms with Gasteiger partial charge in [0, 0.05) is 49.2 Å². The zero-order valence-corrected chi connectivity index (χ0v) is 15.9. The van der Waals surface area contributed by atoms with E-state index in [4.69, 9.17) is 5.10 Å². The number of hydrogen-bond acceptors (Lipinski definition) is 5. The normalized spacial score (nSPS) is 14.6. The van der Waals surface area contributed by atoms with E-state index in [2.05, 4.69) is 56.2 Å². The third kappa shape index (κ3) is 3.07. The van der Waals surface area contributed by atoms with Crippen LogP contribution in [0.2, 0.25) is 0 Å². The maximum Gasteiger partial charge on any atom is 0.254 e. The van der Waals surface area contributed by atoms with Crippen molar-refractivity contribution in [3.8, 4) is 11.4 Å². The second-order valence-electron chi connectivity index (χ2n) is 7.08. The van der Waals surface area contributed by atoms with Crippen molar-refractivity contribution in [1.29, 1.82) is 0 Å². The molecule has 4 aromatic rings. The first-order valence-corrected chi connectivity index (χ1v) is 9.63. The standard InChI is InChI=1S/C22H22N6/c1-17-16-20(27-14-12-26(13-15-27)19-10-6-3-7-11-19)28-22(23-17)24-21(25-28)18-8-4-2-5-9-18/h2-11,16H,12-15H2,1H3. The van der Waals surface area contributed by atoms with Gasteiger partial charge in [0.25, 0.3) is 5.78 Å². The number of rotatable bonds is 3. The highest BCUT2D eigenvalue weighted by Crippen LogP contribution is 2.23. The smallest absolute Gasteiger partial charge is 0.254 e. The molecule has 2 aromatic carbocycles. The highest BCUT2D eigenvalue weighted by molar-refractivity contribution is 5.59. The first-order valence-electron chi connectivity index (χ1n) is 9.63. The summed E-state index contributed by atoms with van der Waals surface area (Å²) in [5.74, 6) is 2.42. The zero-order valence-electron chi connectivity index (χ0n) is 15.9. The van der Waals surface area contributed by atoms with E-state index in [1.807, 2.05) is 41.8 Å². The molecule has 0 atom stereocenters. The average Bonchev–Trinajstić information content (AvgIpc) is 3.18. The highest BCUT2D eigenvalue weighted by Gasteiger charge is 2.21. The number of aryl methyl sites for hydroxylation is 1. The Morgan fingerprint density at radius 2 is 1.39 bits per heavy atom. The van der Waals surface area contributed by atoms with Gasteiger partial charge in [-0.2, -0.15) is 9.50 Å². The van der Waals surface area contributed by atoms with Crippen LogP contribution in [-0.2, 0) is 0 Å². The summed E-state index contributed by atoms with van der Waals surface area (Å²) in [6.45, 7) is 5.85. The van der Waals surface area contributed by atoms with Gasteiger partial charge in [-0.3, -0.25) is 0 Å². The van der Waals surface area contributed by atoms with Crippen molar-refractivity contribution >= 4 is 17.3 Å². The minimum Gasteiger partial charge on any atom is -0.368 e. The lowest BCUT2D eigenvalue weighted by atomic mass is 10.2. The Balaban J connectivity index is 1.45. The van der Waals surface area contributed by atoms with Crippen LogP contribution >= 0.6 is 0 Å². The van der Waals surface area contributed by atoms with Gasteiger partial charge in [-0.05, 0) is 19.1 Å². The Labute approximate surface area is 164 Å². The fourth-order valence-electron chi connectivity index (χ4n) is 3.74. The third-order valence-electron chi connectivity index (χ3n) is 5.18. The van der Waals surface area contributed by atoms with Gasteiger partial charge in [0.2, 0.25) is 0 Å². The summed E-state index contributed by atoms with van der Waals surface area (Å²) >= 11 is 0. The minimum absolute atomic E-state index is 0.652. The van der Waals surface area contributed by atoms with Crippen LogP contribution in [-0.4, -0.2) is 45.8 Å². The minimum atomic E-state index is 0.652. The first-order chi connectivity index (χ1) is 13.8. The van der Waals surface area contributed by atoms with Gasteiger partial charge in [-0.1, -0.05) is 48.5 Å². The molecule has 1 aliphatic heterocycles. The summed E-state index contributed by atoms with van der Waals surface area (Å²) in [6, 6.07) is 22.8. The van der Waals surface area contributed by atoms with E-state index >= 15 is 0 Å². The fourth-order valence-corrected chi connectivity index (χ4v) is 3.74. The van der Waals surface area contributed by atoms with Crippen LogP contribution in [0, 0.1) is 6.92 Å². The average molecular weight is 370 g/mol. The van der Waals surface area contributed by atoms with Gasteiger partial charge in [0.1, 0.15) is 5.82 Å². The molecule has 6 heteroatoms. The molecule has 140 valence electrons. The van der Waals surface area contributed by atoms with Gasteiger partial charge in [-0.15, -0.1) is 5.10 Å². The summed E-state index contributed by atoms with van der Waals surface area (Å²) in [7, 11) is 0. The van der Waals surface area contributed by atoms with Crippen LogP contribution in [0.3, 0.4) is 0 Å². The van der Waals surface area contributed by atoms with Crippen molar-refractivity contribution in [2.45, 2.75) is 6.92 Å². The number of piperazine rings is 1. The predicted molar refractivity (Wildman–Crippen MR) is 112 cm³/mol. The number of fused-ring (bicyclic) bond motifs is 1. The summed E-state index contributed by atoms with van der Waals surface area (Å²) < 4.78 is 1.88. The molecule has 0 saturated carbocycles. The molecule has 3 heterocycles. The summed E-state index contributed by atoms with van der Waals surface area (Å²) in [6.07, 6.45) is 0. The summed E-state index contributed by atoms with van der Waals surface area (Å²) in [4.78, 5) is 14.1. The second-order valence-corrected chi connectivity index (χ2v) is 7.08. The van der Waals surface area contributed by atoms with Crippen LogP contribution in [0.5, 0.6) is 0 Å². The number of nitrogens with zero attached hydrogens (tertiary/aromatic N) is 6. The maximum absolute atomic E-state index is 4.76. The molecule has 1 fully saturated rings. The van der Waals surface area contributed by atoms with Crippen molar-refractivity contribution in [2.75, 3.05) is 36.0 Å². The van der Waals surface area contributed by atoms with Crippen LogP contribution in [0.1, 0.15) is 5.69 Å². The van der Waals surface area contributed by atoms with E-state index < -0.39 is 0 Å². The van der Waals surface area contributed by atoms with Crippen LogP contribution in [0.25, 0.3) is 17.2 Å². The van der Waals surface area contributed by atoms with Gasteiger partial charge in [0.15, 0.2) is 5.82 Å². The van der Waals surface area contributed by atoms with Gasteiger partial charge in [-0.25, -0.2) is 4.98 Å². The maximum atomic E-state index is 4.76. The highest BCUT2D eigenvalue weighted by atomic mass is 15.4. The molecule has 0 radical (unpaired) electrons. The molecule has 2 aromatic heterocycles. The van der Waals surface area contributed by atoms with Crippen molar-refractivity contribution < 1.29 is 0 Å². The molecule has 6 nitrogen and oxygen atoms in total. The molecular formula is C22H22N6. The van der Waals surface area contributed by atoms with Gasteiger partial charge < -0.3 is 9.80 Å². The van der Waals surface area contributed by atoms with Crippen molar-refractivity contribution in [2.24, 2.45) is 0 Å². The Bertz CT molecular complexity index is 1080. The lowest BCUT2D eigenvalue weighted by Crippen LogP contribution is -2.47. The lowest BCUT2D eigenvalue weighted by molar-refractivity contribution is 0.638. The van der Waals surface area contributed by atoms with E-state index in [0.29, 0.717) is 11.6 Å². The Morgan fingerprint density at radius 1 is 0.750 bits per heavy atom. The van der Waals surface area contributed by atoms with Crippen LogP contribution in [0.4, 0.5) is 11.5 Å². The van der Waals surface area contributed by atoms with E-state index in [9.17, 15) is 0 Å². The SMILES string of the molecule is Cc1cc(N2CCN(c3ccccc3)CC2)n2nc(-c3ccccc3)nc2n1. The fraction of sp³-hybridized carbons (Fsp3) is 0.227. The first kappa shape index (κ1) is 16.7. The molecule has 5 rings (SSSR count). The van der Waals surface area contributed by atoms with Crippen molar-refractivity contribution in [3.63, 3.8) is 0 Å². The van der Waals surface area contributed by atoms with E-state index in [0.717, 1.165) is 43.3 Å². The largest absolute Gasteiger partial charge is 0.368 e. The zero-order chi connectivity index (χ0) is 18.9. The van der Waals surface area contributed by atoms with E-state index in [1.54, 1.807) is 0 Å². The quantitative estimate of drug-likeness (QED) is 0.553. The van der Waals surface area contributed by atoms with Crippen LogP contribution < -0.4 is 9.80 Å². The Hall–Kier alpha value is -3.41. The van der Waals surface area contributed by atoms with Gasteiger partial charge >= 0.3 is 0 Å². The molecule has 1 saturated heterocycles. The number of anilines is 2. The number of hydrogen-bond donors (Lipinski definition) is 0. The van der Waals surface area contributed by atoms with E-state index in [1.165, 1.54) is 5.69 Å². The molecule has 0 spiro atoms. The van der Waals surface area contributed by atoms with Crippen LogP contribution in [0.15, 0.2) is 66.7 Å². The van der Waals surface area contributed by atoms with Crippen molar-refractivity contribution in [3.05, 3.63) is 72.4 Å². The Kier molecular flexibility index (Phi) is 4.16. The molecular weight excluding hydrogens is 348 g/mol. The molecule has 1 aliphatic rings. The number of para-hydroxylation sites is 1. The Morgan fingerprint density at radius 3 is 2.11 bits per heavy atom. The van der Waals surface area contributed by atoms with Crippen molar-refractivity contribution in [1.82, 2.24) is 19.6 Å². The van der Waals surface area contributed by atoms with E-state index in [-0.39, 0.29) is 0 Å². The molecule has 28 heavy (non-hydrogen) atoms. The lowest BCUT2D eigenvalue weighted by Gasteiger charge is -2.37. The molecule has 0 bridgehead atoms. The number of benzene rings is 2. The third-order valence-corrected chi connectivity index (χ3v) is 5.18. The monoisotopic (exact) mass is 370 g/mol. The predicted octanol–water partition coefficient (Wildman–Crippen LogP) is 3.43. The molecule has 0 aliphatic carbocycles. The second kappa shape index (κ2) is 6.96. The molecule has 0 unspecified atom stereocenters. The molecule has 0 N–H and O–H groups in total. The topological polar surface area (TPSA) is 49.6 Å².